The molecule has 0 N–H and O–H groups in total. The van der Waals surface area contributed by atoms with E-state index in [9.17, 15) is 22.0 Å². The van der Waals surface area contributed by atoms with Crippen molar-refractivity contribution in [3.8, 4) is 0 Å². The minimum atomic E-state index is -5.56. The molecule has 0 unspecified atom stereocenters. The average Bonchev–Trinajstić information content (AvgIpc) is 2.34. The first-order chi connectivity index (χ1) is 5.36. The SMILES string of the molecule is FC(F)(F)C(F)(F)c1nccs1. The molecule has 1 rings (SSSR count). The van der Waals surface area contributed by atoms with Gasteiger partial charge in [0.2, 0.25) is 0 Å². The standard InChI is InChI=1S/C5H2F5NS/c6-4(7,5(8,9)10)3-11-1-2-12-3/h1-2H. The van der Waals surface area contributed by atoms with E-state index in [0.29, 0.717) is 0 Å². The van der Waals surface area contributed by atoms with Crippen LogP contribution in [-0.2, 0) is 5.92 Å². The van der Waals surface area contributed by atoms with E-state index in [4.69, 9.17) is 0 Å². The van der Waals surface area contributed by atoms with Crippen LogP contribution in [0.25, 0.3) is 0 Å². The summed E-state index contributed by atoms with van der Waals surface area (Å²) in [5, 5.41) is -0.162. The highest BCUT2D eigenvalue weighted by Gasteiger charge is 2.60. The van der Waals surface area contributed by atoms with Gasteiger partial charge in [0, 0.05) is 11.6 Å². The van der Waals surface area contributed by atoms with Gasteiger partial charge in [-0.25, -0.2) is 4.98 Å². The maximum absolute atomic E-state index is 12.3. The first-order valence-electron chi connectivity index (χ1n) is 2.70. The normalized spacial score (nSPS) is 13.4. The maximum atomic E-state index is 12.3. The van der Waals surface area contributed by atoms with Crippen molar-refractivity contribution < 1.29 is 22.0 Å². The van der Waals surface area contributed by atoms with Crippen LogP contribution in [0.15, 0.2) is 11.6 Å². The lowest BCUT2D eigenvalue weighted by atomic mass is 10.3. The summed E-state index contributed by atoms with van der Waals surface area (Å²) < 4.78 is 59.5. The number of rotatable bonds is 1. The molecule has 0 aliphatic rings. The summed E-state index contributed by atoms with van der Waals surface area (Å²) >= 11 is 0.276. The monoisotopic (exact) mass is 203 g/mol. The van der Waals surface area contributed by atoms with Crippen LogP contribution in [0.2, 0.25) is 0 Å². The first kappa shape index (κ1) is 9.37. The molecule has 0 bridgehead atoms. The molecule has 0 spiro atoms. The summed E-state index contributed by atoms with van der Waals surface area (Å²) in [4.78, 5) is 2.90. The Balaban J connectivity index is 3.02. The average molecular weight is 203 g/mol. The van der Waals surface area contributed by atoms with E-state index in [1.54, 1.807) is 0 Å². The van der Waals surface area contributed by atoms with Gasteiger partial charge < -0.3 is 0 Å². The van der Waals surface area contributed by atoms with Crippen LogP contribution in [-0.4, -0.2) is 11.2 Å². The maximum Gasteiger partial charge on any atom is 0.460 e. The molecule has 0 aliphatic heterocycles. The molecule has 0 radical (unpaired) electrons. The summed E-state index contributed by atoms with van der Waals surface area (Å²) in [6.45, 7) is 0. The van der Waals surface area contributed by atoms with Crippen molar-refractivity contribution in [3.05, 3.63) is 16.6 Å². The van der Waals surface area contributed by atoms with Gasteiger partial charge in [-0.2, -0.15) is 22.0 Å². The summed E-state index contributed by atoms with van der Waals surface area (Å²) in [6, 6.07) is 0. The second kappa shape index (κ2) is 2.65. The third kappa shape index (κ3) is 1.40. The Bertz CT molecular complexity index is 251. The highest BCUT2D eigenvalue weighted by Crippen LogP contribution is 2.44. The van der Waals surface area contributed by atoms with Crippen LogP contribution in [0, 0.1) is 0 Å². The zero-order valence-corrected chi connectivity index (χ0v) is 6.22. The molecule has 12 heavy (non-hydrogen) atoms. The Hall–Kier alpha value is -0.720. The molecule has 1 aromatic rings. The van der Waals surface area contributed by atoms with Crippen molar-refractivity contribution in [2.24, 2.45) is 0 Å². The lowest BCUT2D eigenvalue weighted by Crippen LogP contribution is -2.33. The molecule has 0 aliphatic carbocycles. The highest BCUT2D eigenvalue weighted by molar-refractivity contribution is 7.09. The Morgan fingerprint density at radius 1 is 1.17 bits per heavy atom. The third-order valence-electron chi connectivity index (χ3n) is 1.06. The van der Waals surface area contributed by atoms with E-state index in [1.165, 1.54) is 0 Å². The zero-order valence-electron chi connectivity index (χ0n) is 5.40. The Morgan fingerprint density at radius 3 is 2.08 bits per heavy atom. The fourth-order valence-electron chi connectivity index (χ4n) is 0.500. The molecule has 7 heteroatoms. The lowest BCUT2D eigenvalue weighted by molar-refractivity contribution is -0.289. The van der Waals surface area contributed by atoms with E-state index in [0.717, 1.165) is 11.6 Å². The van der Waals surface area contributed by atoms with Gasteiger partial charge in [0.25, 0.3) is 0 Å². The molecule has 0 fully saturated rings. The summed E-state index contributed by atoms with van der Waals surface area (Å²) in [5.74, 6) is -4.83. The van der Waals surface area contributed by atoms with E-state index in [2.05, 4.69) is 4.98 Å². The molecular formula is C5H2F5NS. The highest BCUT2D eigenvalue weighted by atomic mass is 32.1. The van der Waals surface area contributed by atoms with E-state index < -0.39 is 17.1 Å². The van der Waals surface area contributed by atoms with Gasteiger partial charge in [0.05, 0.1) is 0 Å². The molecule has 0 saturated carbocycles. The molecule has 68 valence electrons. The topological polar surface area (TPSA) is 12.9 Å². The predicted molar refractivity (Wildman–Crippen MR) is 32.1 cm³/mol. The lowest BCUT2D eigenvalue weighted by Gasteiger charge is -2.16. The molecule has 0 atom stereocenters. The molecule has 1 heterocycles. The van der Waals surface area contributed by atoms with Crippen LogP contribution < -0.4 is 0 Å². The van der Waals surface area contributed by atoms with Crippen LogP contribution in [0.5, 0.6) is 0 Å². The number of alkyl halides is 5. The Labute approximate surface area is 67.8 Å². The van der Waals surface area contributed by atoms with Crippen LogP contribution in [0.3, 0.4) is 0 Å². The van der Waals surface area contributed by atoms with Crippen molar-refractivity contribution in [1.82, 2.24) is 4.98 Å². The van der Waals surface area contributed by atoms with Crippen molar-refractivity contribution in [2.75, 3.05) is 0 Å². The predicted octanol–water partition coefficient (Wildman–Crippen LogP) is 2.80. The number of nitrogens with zero attached hydrogens (tertiary/aromatic N) is 1. The summed E-state index contributed by atoms with van der Waals surface area (Å²) in [5.41, 5.74) is 0. The van der Waals surface area contributed by atoms with E-state index >= 15 is 0 Å². The minimum Gasteiger partial charge on any atom is -0.243 e. The van der Waals surface area contributed by atoms with Gasteiger partial charge in [-0.05, 0) is 0 Å². The number of thiazole rings is 1. The van der Waals surface area contributed by atoms with Crippen molar-refractivity contribution in [1.29, 1.82) is 0 Å². The molecule has 0 saturated heterocycles. The fourth-order valence-corrected chi connectivity index (χ4v) is 1.14. The molecule has 0 aromatic carbocycles. The second-order valence-electron chi connectivity index (χ2n) is 1.91. The fraction of sp³-hybridized carbons (Fsp3) is 0.400. The molecule has 0 amide bonds. The van der Waals surface area contributed by atoms with Gasteiger partial charge in [-0.15, -0.1) is 11.3 Å². The first-order valence-corrected chi connectivity index (χ1v) is 3.58. The second-order valence-corrected chi connectivity index (χ2v) is 2.80. The largest absolute Gasteiger partial charge is 0.460 e. The van der Waals surface area contributed by atoms with Crippen molar-refractivity contribution >= 4 is 11.3 Å². The van der Waals surface area contributed by atoms with Crippen molar-refractivity contribution in [2.45, 2.75) is 12.1 Å². The Kier molecular flexibility index (Phi) is 2.07. The number of aromatic nitrogens is 1. The number of hydrogen-bond acceptors (Lipinski definition) is 2. The summed E-state index contributed by atoms with van der Waals surface area (Å²) in [6.07, 6.45) is -4.66. The number of hydrogen-bond donors (Lipinski definition) is 0. The van der Waals surface area contributed by atoms with Crippen LogP contribution in [0.1, 0.15) is 5.01 Å². The third-order valence-corrected chi connectivity index (χ3v) is 1.90. The van der Waals surface area contributed by atoms with Gasteiger partial charge in [-0.3, -0.25) is 0 Å². The Morgan fingerprint density at radius 2 is 1.75 bits per heavy atom. The van der Waals surface area contributed by atoms with E-state index in [1.807, 2.05) is 0 Å². The zero-order chi connectivity index (χ0) is 9.41. The minimum absolute atomic E-state index is 0.276. The smallest absolute Gasteiger partial charge is 0.243 e. The van der Waals surface area contributed by atoms with Crippen LogP contribution in [0.4, 0.5) is 22.0 Å². The van der Waals surface area contributed by atoms with Gasteiger partial charge >= 0.3 is 12.1 Å². The summed E-state index contributed by atoms with van der Waals surface area (Å²) in [7, 11) is 0. The van der Waals surface area contributed by atoms with Crippen molar-refractivity contribution in [3.63, 3.8) is 0 Å². The van der Waals surface area contributed by atoms with Gasteiger partial charge in [-0.1, -0.05) is 0 Å². The van der Waals surface area contributed by atoms with Crippen LogP contribution >= 0.6 is 11.3 Å². The molecule has 1 aromatic heterocycles. The molecular weight excluding hydrogens is 201 g/mol. The van der Waals surface area contributed by atoms with Gasteiger partial charge in [0.1, 0.15) is 0 Å². The van der Waals surface area contributed by atoms with E-state index in [-0.39, 0.29) is 11.3 Å². The molecule has 1 nitrogen and oxygen atoms in total. The van der Waals surface area contributed by atoms with Gasteiger partial charge in [0.15, 0.2) is 5.01 Å². The number of halogens is 5. The quantitative estimate of drug-likeness (QED) is 0.639.